The van der Waals surface area contributed by atoms with Crippen LogP contribution in [0.2, 0.25) is 0 Å². The van der Waals surface area contributed by atoms with Crippen molar-refractivity contribution in [2.45, 2.75) is 40.3 Å². The average Bonchev–Trinajstić information content (AvgIpc) is 2.77. The van der Waals surface area contributed by atoms with Crippen LogP contribution in [0.5, 0.6) is 0 Å². The van der Waals surface area contributed by atoms with Crippen LogP contribution in [0.4, 0.5) is 0 Å². The zero-order valence-electron chi connectivity index (χ0n) is 11.3. The topological polar surface area (TPSA) is 37.8 Å². The number of aryl methyl sites for hydroxylation is 3. The number of pyridine rings is 1. The SMILES string of the molecule is Cc1cc(C)c(C(C)NCc2cscn2)c(C)n1. The van der Waals surface area contributed by atoms with Gasteiger partial charge in [-0.25, -0.2) is 4.98 Å². The Morgan fingerprint density at radius 2 is 2.11 bits per heavy atom. The van der Waals surface area contributed by atoms with Crippen molar-refractivity contribution in [3.8, 4) is 0 Å². The monoisotopic (exact) mass is 261 g/mol. The first-order chi connectivity index (χ1) is 8.58. The molecule has 0 aliphatic rings. The van der Waals surface area contributed by atoms with Gasteiger partial charge >= 0.3 is 0 Å². The van der Waals surface area contributed by atoms with Crippen LogP contribution in [0, 0.1) is 20.8 Å². The molecular weight excluding hydrogens is 242 g/mol. The summed E-state index contributed by atoms with van der Waals surface area (Å²) in [5.74, 6) is 0. The summed E-state index contributed by atoms with van der Waals surface area (Å²) in [5.41, 5.74) is 7.77. The number of nitrogens with one attached hydrogen (secondary N) is 1. The van der Waals surface area contributed by atoms with E-state index in [0.717, 1.165) is 23.6 Å². The molecule has 1 atom stereocenters. The highest BCUT2D eigenvalue weighted by Gasteiger charge is 2.12. The van der Waals surface area contributed by atoms with E-state index < -0.39 is 0 Å². The third-order valence-electron chi connectivity index (χ3n) is 3.09. The van der Waals surface area contributed by atoms with E-state index in [2.05, 4.69) is 47.5 Å². The second-order valence-electron chi connectivity index (χ2n) is 4.66. The highest BCUT2D eigenvalue weighted by Crippen LogP contribution is 2.21. The summed E-state index contributed by atoms with van der Waals surface area (Å²) in [7, 11) is 0. The maximum atomic E-state index is 4.55. The van der Waals surface area contributed by atoms with Crippen LogP contribution in [0.3, 0.4) is 0 Å². The summed E-state index contributed by atoms with van der Waals surface area (Å²) in [4.78, 5) is 8.83. The molecule has 2 heterocycles. The second kappa shape index (κ2) is 5.59. The van der Waals surface area contributed by atoms with Gasteiger partial charge in [0.15, 0.2) is 0 Å². The number of hydrogen-bond donors (Lipinski definition) is 1. The Balaban J connectivity index is 2.11. The van der Waals surface area contributed by atoms with Crippen molar-refractivity contribution >= 4 is 11.3 Å². The third-order valence-corrected chi connectivity index (χ3v) is 3.73. The van der Waals surface area contributed by atoms with Crippen molar-refractivity contribution in [2.24, 2.45) is 0 Å². The van der Waals surface area contributed by atoms with E-state index in [9.17, 15) is 0 Å². The van der Waals surface area contributed by atoms with Crippen LogP contribution in [0.15, 0.2) is 17.0 Å². The Labute approximate surface area is 112 Å². The number of nitrogens with zero attached hydrogens (tertiary/aromatic N) is 2. The molecule has 2 rings (SSSR count). The van der Waals surface area contributed by atoms with Crippen molar-refractivity contribution in [3.63, 3.8) is 0 Å². The second-order valence-corrected chi connectivity index (χ2v) is 5.38. The lowest BCUT2D eigenvalue weighted by atomic mass is 10.0. The van der Waals surface area contributed by atoms with Crippen LogP contribution in [-0.2, 0) is 6.54 Å². The third kappa shape index (κ3) is 2.94. The Hall–Kier alpha value is -1.26. The van der Waals surface area contributed by atoms with Crippen molar-refractivity contribution in [1.29, 1.82) is 0 Å². The van der Waals surface area contributed by atoms with E-state index in [4.69, 9.17) is 0 Å². The lowest BCUT2D eigenvalue weighted by Gasteiger charge is -2.18. The standard InChI is InChI=1S/C14H19N3S/c1-9-5-10(2)17-12(4)14(9)11(3)15-6-13-7-18-8-16-13/h5,7-8,11,15H,6H2,1-4H3. The smallest absolute Gasteiger partial charge is 0.0795 e. The van der Waals surface area contributed by atoms with Gasteiger partial charge in [-0.15, -0.1) is 11.3 Å². The molecule has 2 aromatic rings. The van der Waals surface area contributed by atoms with Gasteiger partial charge in [0.25, 0.3) is 0 Å². The van der Waals surface area contributed by atoms with Crippen LogP contribution in [0.1, 0.15) is 41.2 Å². The number of aromatic nitrogens is 2. The molecule has 96 valence electrons. The van der Waals surface area contributed by atoms with Gasteiger partial charge in [-0.3, -0.25) is 4.98 Å². The predicted molar refractivity (Wildman–Crippen MR) is 75.8 cm³/mol. The fourth-order valence-electron chi connectivity index (χ4n) is 2.37. The van der Waals surface area contributed by atoms with Gasteiger partial charge in [0.2, 0.25) is 0 Å². The van der Waals surface area contributed by atoms with E-state index in [-0.39, 0.29) is 0 Å². The summed E-state index contributed by atoms with van der Waals surface area (Å²) in [6.07, 6.45) is 0. The maximum absolute atomic E-state index is 4.55. The van der Waals surface area contributed by atoms with Crippen molar-refractivity contribution in [3.05, 3.63) is 45.2 Å². The lowest BCUT2D eigenvalue weighted by molar-refractivity contribution is 0.561. The molecule has 0 amide bonds. The first-order valence-corrected chi connectivity index (χ1v) is 7.07. The Kier molecular flexibility index (Phi) is 4.09. The van der Waals surface area contributed by atoms with Crippen molar-refractivity contribution in [1.82, 2.24) is 15.3 Å². The fourth-order valence-corrected chi connectivity index (χ4v) is 2.93. The summed E-state index contributed by atoms with van der Waals surface area (Å²) in [6.45, 7) is 9.25. The quantitative estimate of drug-likeness (QED) is 0.917. The molecule has 1 unspecified atom stereocenters. The zero-order chi connectivity index (χ0) is 13.1. The Bertz CT molecular complexity index is 497. The van der Waals surface area contributed by atoms with Gasteiger partial charge in [0, 0.05) is 29.4 Å². The molecule has 4 heteroatoms. The van der Waals surface area contributed by atoms with E-state index >= 15 is 0 Å². The fraction of sp³-hybridized carbons (Fsp3) is 0.429. The maximum Gasteiger partial charge on any atom is 0.0795 e. The minimum atomic E-state index is 0.291. The summed E-state index contributed by atoms with van der Waals surface area (Å²) in [5, 5.41) is 5.58. The summed E-state index contributed by atoms with van der Waals surface area (Å²) in [6, 6.07) is 2.43. The minimum Gasteiger partial charge on any atom is -0.304 e. The Morgan fingerprint density at radius 1 is 1.33 bits per heavy atom. The van der Waals surface area contributed by atoms with Crippen LogP contribution in [-0.4, -0.2) is 9.97 Å². The van der Waals surface area contributed by atoms with Gasteiger partial charge in [-0.05, 0) is 44.9 Å². The minimum absolute atomic E-state index is 0.291. The molecular formula is C14H19N3S. The normalized spacial score (nSPS) is 12.7. The molecule has 0 aliphatic heterocycles. The van der Waals surface area contributed by atoms with Gasteiger partial charge < -0.3 is 5.32 Å². The van der Waals surface area contributed by atoms with Crippen molar-refractivity contribution < 1.29 is 0 Å². The number of rotatable bonds is 4. The van der Waals surface area contributed by atoms with Crippen LogP contribution < -0.4 is 5.32 Å². The highest BCUT2D eigenvalue weighted by atomic mass is 32.1. The lowest BCUT2D eigenvalue weighted by Crippen LogP contribution is -2.20. The molecule has 0 fully saturated rings. The Morgan fingerprint density at radius 3 is 2.72 bits per heavy atom. The molecule has 0 spiro atoms. The van der Waals surface area contributed by atoms with Crippen molar-refractivity contribution in [2.75, 3.05) is 0 Å². The first kappa shape index (κ1) is 13.2. The molecule has 0 saturated carbocycles. The van der Waals surface area contributed by atoms with Gasteiger partial charge in [-0.1, -0.05) is 0 Å². The van der Waals surface area contributed by atoms with Crippen LogP contribution in [0.25, 0.3) is 0 Å². The average molecular weight is 261 g/mol. The number of hydrogen-bond acceptors (Lipinski definition) is 4. The summed E-state index contributed by atoms with van der Waals surface area (Å²) < 4.78 is 0. The molecule has 0 radical (unpaired) electrons. The number of thiazole rings is 1. The van der Waals surface area contributed by atoms with Gasteiger partial charge in [0.05, 0.1) is 11.2 Å². The highest BCUT2D eigenvalue weighted by molar-refractivity contribution is 7.07. The summed E-state index contributed by atoms with van der Waals surface area (Å²) >= 11 is 1.63. The van der Waals surface area contributed by atoms with Gasteiger partial charge in [0.1, 0.15) is 0 Å². The molecule has 3 nitrogen and oxygen atoms in total. The predicted octanol–water partition coefficient (Wildman–Crippen LogP) is 3.31. The molecule has 0 aromatic carbocycles. The largest absolute Gasteiger partial charge is 0.304 e. The molecule has 0 saturated heterocycles. The van der Waals surface area contributed by atoms with E-state index in [1.807, 2.05) is 12.4 Å². The molecule has 18 heavy (non-hydrogen) atoms. The van der Waals surface area contributed by atoms with Gasteiger partial charge in [-0.2, -0.15) is 0 Å². The first-order valence-electron chi connectivity index (χ1n) is 6.13. The van der Waals surface area contributed by atoms with E-state index in [1.165, 1.54) is 11.1 Å². The van der Waals surface area contributed by atoms with E-state index in [0.29, 0.717) is 6.04 Å². The molecule has 1 N–H and O–H groups in total. The van der Waals surface area contributed by atoms with E-state index in [1.54, 1.807) is 11.3 Å². The molecule has 0 bridgehead atoms. The zero-order valence-corrected chi connectivity index (χ0v) is 12.1. The van der Waals surface area contributed by atoms with Crippen LogP contribution >= 0.6 is 11.3 Å². The molecule has 2 aromatic heterocycles. The molecule has 0 aliphatic carbocycles.